The molecular formula is C14H15N3O3. The van der Waals surface area contributed by atoms with E-state index in [9.17, 15) is 9.59 Å². The minimum Gasteiger partial charge on any atom is -0.477 e. The lowest BCUT2D eigenvalue weighted by atomic mass is 9.97. The minimum atomic E-state index is -1.22. The maximum absolute atomic E-state index is 12.0. The second kappa shape index (κ2) is 4.35. The Morgan fingerprint density at radius 2 is 2.25 bits per heavy atom. The van der Waals surface area contributed by atoms with Crippen LogP contribution in [0.5, 0.6) is 0 Å². The molecule has 2 heterocycles. The van der Waals surface area contributed by atoms with Crippen molar-refractivity contribution in [2.75, 3.05) is 11.4 Å². The molecule has 6 heteroatoms. The van der Waals surface area contributed by atoms with Crippen molar-refractivity contribution in [3.8, 4) is 0 Å². The van der Waals surface area contributed by atoms with Gasteiger partial charge in [-0.3, -0.25) is 4.79 Å². The summed E-state index contributed by atoms with van der Waals surface area (Å²) in [7, 11) is 0. The van der Waals surface area contributed by atoms with Crippen LogP contribution in [0.15, 0.2) is 29.2 Å². The number of fused-ring (bicyclic) bond motifs is 1. The average Bonchev–Trinajstić information content (AvgIpc) is 2.43. The van der Waals surface area contributed by atoms with Crippen molar-refractivity contribution < 1.29 is 9.90 Å². The number of carboxylic acid groups (broad SMARTS) is 1. The number of nitrogens with two attached hydrogens (primary N) is 1. The lowest BCUT2D eigenvalue weighted by Gasteiger charge is -2.46. The topological polar surface area (TPSA) is 99.4 Å². The van der Waals surface area contributed by atoms with Crippen LogP contribution in [0.1, 0.15) is 17.3 Å². The maximum Gasteiger partial charge on any atom is 0.341 e. The first-order valence-electron chi connectivity index (χ1n) is 6.40. The molecule has 1 aromatic carbocycles. The summed E-state index contributed by atoms with van der Waals surface area (Å²) in [6.45, 7) is 2.83. The molecule has 0 saturated carbocycles. The molecule has 1 aliphatic rings. The van der Waals surface area contributed by atoms with Gasteiger partial charge in [-0.05, 0) is 25.1 Å². The fraction of sp³-hybridized carbons (Fsp3) is 0.286. The number of hydrogen-bond donors (Lipinski definition) is 3. The summed E-state index contributed by atoms with van der Waals surface area (Å²) >= 11 is 0. The number of nitrogens with zero attached hydrogens (tertiary/aromatic N) is 1. The van der Waals surface area contributed by atoms with Gasteiger partial charge in [0.15, 0.2) is 0 Å². The van der Waals surface area contributed by atoms with E-state index in [0.717, 1.165) is 12.2 Å². The van der Waals surface area contributed by atoms with Crippen molar-refractivity contribution >= 4 is 22.6 Å². The Morgan fingerprint density at radius 1 is 1.50 bits per heavy atom. The van der Waals surface area contributed by atoms with Crippen LogP contribution < -0.4 is 16.1 Å². The number of anilines is 1. The molecule has 104 valence electrons. The third kappa shape index (κ3) is 1.77. The number of aromatic carboxylic acids is 1. The van der Waals surface area contributed by atoms with Crippen LogP contribution in [0.3, 0.4) is 0 Å². The fourth-order valence-corrected chi connectivity index (χ4v) is 2.53. The molecular weight excluding hydrogens is 258 g/mol. The van der Waals surface area contributed by atoms with Crippen molar-refractivity contribution in [1.29, 1.82) is 0 Å². The summed E-state index contributed by atoms with van der Waals surface area (Å²) in [6, 6.07) is 5.76. The lowest BCUT2D eigenvalue weighted by Crippen LogP contribution is -2.63. The molecule has 0 radical (unpaired) electrons. The number of H-pyrrole nitrogens is 1. The number of benzene rings is 1. The second-order valence-corrected chi connectivity index (χ2v) is 5.12. The third-order valence-corrected chi connectivity index (χ3v) is 3.95. The quantitative estimate of drug-likeness (QED) is 0.750. The number of pyridine rings is 1. The molecule has 1 saturated heterocycles. The third-order valence-electron chi connectivity index (χ3n) is 3.95. The van der Waals surface area contributed by atoms with E-state index in [4.69, 9.17) is 10.8 Å². The highest BCUT2D eigenvalue weighted by atomic mass is 16.4. The largest absolute Gasteiger partial charge is 0.477 e. The van der Waals surface area contributed by atoms with Gasteiger partial charge in [0.1, 0.15) is 5.56 Å². The summed E-state index contributed by atoms with van der Waals surface area (Å²) in [5, 5.41) is 9.32. The van der Waals surface area contributed by atoms with E-state index in [2.05, 4.69) is 16.8 Å². The number of rotatable bonds is 2. The van der Waals surface area contributed by atoms with Crippen molar-refractivity contribution in [1.82, 2.24) is 4.98 Å². The zero-order chi connectivity index (χ0) is 14.4. The zero-order valence-electron chi connectivity index (χ0n) is 11.0. The molecule has 0 amide bonds. The van der Waals surface area contributed by atoms with E-state index in [1.165, 1.54) is 6.20 Å². The molecule has 2 aromatic rings. The molecule has 0 bridgehead atoms. The van der Waals surface area contributed by atoms with Gasteiger partial charge in [-0.2, -0.15) is 0 Å². The molecule has 0 unspecified atom stereocenters. The molecule has 0 aliphatic carbocycles. The highest BCUT2D eigenvalue weighted by Gasteiger charge is 2.32. The van der Waals surface area contributed by atoms with E-state index < -0.39 is 11.4 Å². The first kappa shape index (κ1) is 12.7. The highest BCUT2D eigenvalue weighted by molar-refractivity contribution is 5.93. The van der Waals surface area contributed by atoms with Crippen LogP contribution in [-0.2, 0) is 0 Å². The Labute approximate surface area is 114 Å². The Kier molecular flexibility index (Phi) is 2.76. The summed E-state index contributed by atoms with van der Waals surface area (Å²) < 4.78 is 0. The fourth-order valence-electron chi connectivity index (χ4n) is 2.53. The van der Waals surface area contributed by atoms with Crippen LogP contribution in [-0.4, -0.2) is 34.7 Å². The predicted molar refractivity (Wildman–Crippen MR) is 76.3 cm³/mol. The van der Waals surface area contributed by atoms with Gasteiger partial charge in [0.2, 0.25) is 5.43 Å². The Morgan fingerprint density at radius 3 is 2.85 bits per heavy atom. The minimum absolute atomic E-state index is 0.166. The predicted octanol–water partition coefficient (Wildman–Crippen LogP) is 0.762. The van der Waals surface area contributed by atoms with Crippen LogP contribution in [0.4, 0.5) is 5.69 Å². The van der Waals surface area contributed by atoms with Gasteiger partial charge in [0.25, 0.3) is 0 Å². The van der Waals surface area contributed by atoms with Crippen LogP contribution >= 0.6 is 0 Å². The number of carbonyl (C=O) groups is 1. The van der Waals surface area contributed by atoms with Gasteiger partial charge in [0.05, 0.1) is 5.52 Å². The summed E-state index contributed by atoms with van der Waals surface area (Å²) in [5.74, 6) is -1.22. The molecule has 0 spiro atoms. The summed E-state index contributed by atoms with van der Waals surface area (Å²) in [4.78, 5) is 28.0. The maximum atomic E-state index is 12.0. The average molecular weight is 273 g/mol. The van der Waals surface area contributed by atoms with Crippen LogP contribution in [0, 0.1) is 0 Å². The molecule has 4 N–H and O–H groups in total. The van der Waals surface area contributed by atoms with Crippen molar-refractivity contribution in [2.24, 2.45) is 5.73 Å². The van der Waals surface area contributed by atoms with E-state index in [1.54, 1.807) is 6.07 Å². The van der Waals surface area contributed by atoms with E-state index in [1.807, 2.05) is 12.1 Å². The Hall–Kier alpha value is -2.34. The Bertz CT molecular complexity index is 753. The lowest BCUT2D eigenvalue weighted by molar-refractivity contribution is 0.0695. The molecule has 1 aromatic heterocycles. The van der Waals surface area contributed by atoms with Crippen molar-refractivity contribution in [3.63, 3.8) is 0 Å². The first-order chi connectivity index (χ1) is 9.49. The smallest absolute Gasteiger partial charge is 0.341 e. The van der Waals surface area contributed by atoms with Gasteiger partial charge >= 0.3 is 5.97 Å². The number of nitrogens with one attached hydrogen (secondary N) is 1. The van der Waals surface area contributed by atoms with Crippen molar-refractivity contribution in [2.45, 2.75) is 19.0 Å². The van der Waals surface area contributed by atoms with Crippen molar-refractivity contribution in [3.05, 3.63) is 40.2 Å². The Balaban J connectivity index is 2.08. The van der Waals surface area contributed by atoms with Gasteiger partial charge < -0.3 is 20.7 Å². The number of aromatic amines is 1. The number of aromatic nitrogens is 1. The summed E-state index contributed by atoms with van der Waals surface area (Å²) in [6.07, 6.45) is 1.24. The van der Waals surface area contributed by atoms with Gasteiger partial charge in [-0.15, -0.1) is 0 Å². The van der Waals surface area contributed by atoms with E-state index in [0.29, 0.717) is 10.9 Å². The van der Waals surface area contributed by atoms with Gasteiger partial charge in [0, 0.05) is 35.9 Å². The molecule has 20 heavy (non-hydrogen) atoms. The summed E-state index contributed by atoms with van der Waals surface area (Å²) in [5.41, 5.74) is 6.77. The van der Waals surface area contributed by atoms with Gasteiger partial charge in [-0.25, -0.2) is 4.79 Å². The second-order valence-electron chi connectivity index (χ2n) is 5.12. The van der Waals surface area contributed by atoms with Crippen LogP contribution in [0.25, 0.3) is 10.9 Å². The van der Waals surface area contributed by atoms with Crippen LogP contribution in [0.2, 0.25) is 0 Å². The number of carboxylic acids is 1. The first-order valence-corrected chi connectivity index (χ1v) is 6.40. The molecule has 6 nitrogen and oxygen atoms in total. The van der Waals surface area contributed by atoms with Gasteiger partial charge in [-0.1, -0.05) is 0 Å². The normalized spacial score (nSPS) is 21.8. The molecule has 1 fully saturated rings. The van der Waals surface area contributed by atoms with E-state index >= 15 is 0 Å². The van der Waals surface area contributed by atoms with E-state index in [-0.39, 0.29) is 17.6 Å². The zero-order valence-corrected chi connectivity index (χ0v) is 11.0. The molecule has 3 rings (SSSR count). The molecule has 2 atom stereocenters. The number of hydrogen-bond acceptors (Lipinski definition) is 4. The monoisotopic (exact) mass is 273 g/mol. The SMILES string of the molecule is C[C@H]1[C@H](N)CN1c1ccc2c(=O)c(C(=O)O)c[nH]c2c1. The molecule has 1 aliphatic heterocycles. The highest BCUT2D eigenvalue weighted by Crippen LogP contribution is 2.27. The standard InChI is InChI=1S/C14H15N3O3/c1-7-11(15)6-17(7)8-2-3-9-12(4-8)16-5-10(13(9)18)14(19)20/h2-5,7,11H,6,15H2,1H3,(H,16,18)(H,19,20)/t7-,11+/m0/s1.